The molecule has 0 aromatic heterocycles. The van der Waals surface area contributed by atoms with Crippen LogP contribution in [-0.4, -0.2) is 30.2 Å². The molecule has 17 heavy (non-hydrogen) atoms. The fraction of sp³-hybridized carbons (Fsp3) is 0.462. The normalized spacial score (nSPS) is 11.9. The SMILES string of the molecule is CC(CCCO)NC(=O)CNc1ccccc1. The third-order valence-corrected chi connectivity index (χ3v) is 2.43. The minimum absolute atomic E-state index is 0.0284. The number of rotatable bonds is 7. The molecule has 0 fully saturated rings. The highest BCUT2D eigenvalue weighted by Crippen LogP contribution is 2.03. The Labute approximate surface area is 102 Å². The first-order valence-electron chi connectivity index (χ1n) is 5.91. The molecule has 0 saturated heterocycles. The number of hydrogen-bond donors (Lipinski definition) is 3. The van der Waals surface area contributed by atoms with E-state index in [0.29, 0.717) is 6.42 Å². The average molecular weight is 236 g/mol. The molecule has 1 aromatic carbocycles. The van der Waals surface area contributed by atoms with Gasteiger partial charge in [0.15, 0.2) is 0 Å². The Hall–Kier alpha value is -1.55. The summed E-state index contributed by atoms with van der Waals surface area (Å²) in [5.74, 6) is -0.0284. The van der Waals surface area contributed by atoms with Crippen molar-refractivity contribution in [2.75, 3.05) is 18.5 Å². The molecule has 1 amide bonds. The van der Waals surface area contributed by atoms with Crippen LogP contribution in [0, 0.1) is 0 Å². The van der Waals surface area contributed by atoms with Crippen molar-refractivity contribution in [3.63, 3.8) is 0 Å². The summed E-state index contributed by atoms with van der Waals surface area (Å²) in [6.07, 6.45) is 1.52. The average Bonchev–Trinajstić information content (AvgIpc) is 2.35. The topological polar surface area (TPSA) is 61.4 Å². The monoisotopic (exact) mass is 236 g/mol. The van der Waals surface area contributed by atoms with E-state index in [4.69, 9.17) is 5.11 Å². The fourth-order valence-corrected chi connectivity index (χ4v) is 1.53. The molecule has 0 saturated carbocycles. The summed E-state index contributed by atoms with van der Waals surface area (Å²) >= 11 is 0. The Bertz CT molecular complexity index is 327. The lowest BCUT2D eigenvalue weighted by atomic mass is 10.2. The van der Waals surface area contributed by atoms with E-state index in [1.165, 1.54) is 0 Å². The van der Waals surface area contributed by atoms with Crippen LogP contribution in [0.1, 0.15) is 19.8 Å². The molecule has 1 aromatic rings. The summed E-state index contributed by atoms with van der Waals surface area (Å²) in [5, 5.41) is 14.6. The summed E-state index contributed by atoms with van der Waals surface area (Å²) < 4.78 is 0. The van der Waals surface area contributed by atoms with E-state index in [0.717, 1.165) is 12.1 Å². The van der Waals surface area contributed by atoms with Gasteiger partial charge in [-0.3, -0.25) is 4.79 Å². The Morgan fingerprint density at radius 3 is 2.71 bits per heavy atom. The second kappa shape index (κ2) is 7.68. The molecule has 0 bridgehead atoms. The van der Waals surface area contributed by atoms with Crippen molar-refractivity contribution in [3.8, 4) is 0 Å². The molecular weight excluding hydrogens is 216 g/mol. The minimum atomic E-state index is -0.0284. The highest BCUT2D eigenvalue weighted by molar-refractivity contribution is 5.80. The molecule has 0 aliphatic heterocycles. The van der Waals surface area contributed by atoms with Crippen LogP contribution in [-0.2, 0) is 4.79 Å². The molecular formula is C13H20N2O2. The molecule has 0 spiro atoms. The molecule has 0 aliphatic rings. The first-order chi connectivity index (χ1) is 8.22. The van der Waals surface area contributed by atoms with Gasteiger partial charge in [0.25, 0.3) is 0 Å². The van der Waals surface area contributed by atoms with Crippen molar-refractivity contribution in [1.29, 1.82) is 0 Å². The minimum Gasteiger partial charge on any atom is -0.396 e. The van der Waals surface area contributed by atoms with Crippen molar-refractivity contribution in [3.05, 3.63) is 30.3 Å². The van der Waals surface area contributed by atoms with Crippen LogP contribution in [0.4, 0.5) is 5.69 Å². The molecule has 3 N–H and O–H groups in total. The molecule has 4 nitrogen and oxygen atoms in total. The van der Waals surface area contributed by atoms with Crippen LogP contribution in [0.5, 0.6) is 0 Å². The van der Waals surface area contributed by atoms with Crippen LogP contribution in [0.3, 0.4) is 0 Å². The summed E-state index contributed by atoms with van der Waals surface area (Å²) in [4.78, 5) is 11.6. The quantitative estimate of drug-likeness (QED) is 0.670. The highest BCUT2D eigenvalue weighted by Gasteiger charge is 2.06. The summed E-state index contributed by atoms with van der Waals surface area (Å²) in [5.41, 5.74) is 0.936. The predicted molar refractivity (Wildman–Crippen MR) is 68.9 cm³/mol. The van der Waals surface area contributed by atoms with Crippen LogP contribution in [0.2, 0.25) is 0 Å². The largest absolute Gasteiger partial charge is 0.396 e. The fourth-order valence-electron chi connectivity index (χ4n) is 1.53. The number of carbonyl (C=O) groups excluding carboxylic acids is 1. The van der Waals surface area contributed by atoms with Crippen molar-refractivity contribution in [2.45, 2.75) is 25.8 Å². The van der Waals surface area contributed by atoms with Gasteiger partial charge in [0.05, 0.1) is 6.54 Å². The smallest absolute Gasteiger partial charge is 0.239 e. The van der Waals surface area contributed by atoms with Crippen molar-refractivity contribution < 1.29 is 9.90 Å². The molecule has 0 aliphatic carbocycles. The highest BCUT2D eigenvalue weighted by atomic mass is 16.2. The zero-order valence-corrected chi connectivity index (χ0v) is 10.1. The lowest BCUT2D eigenvalue weighted by molar-refractivity contribution is -0.120. The van der Waals surface area contributed by atoms with E-state index in [2.05, 4.69) is 10.6 Å². The van der Waals surface area contributed by atoms with Crippen LogP contribution >= 0.6 is 0 Å². The second-order valence-electron chi connectivity index (χ2n) is 4.05. The second-order valence-corrected chi connectivity index (χ2v) is 4.05. The van der Waals surface area contributed by atoms with E-state index in [1.54, 1.807) is 0 Å². The predicted octanol–water partition coefficient (Wildman–Crippen LogP) is 1.38. The number of aliphatic hydroxyl groups excluding tert-OH is 1. The Morgan fingerprint density at radius 1 is 1.35 bits per heavy atom. The van der Waals surface area contributed by atoms with Gasteiger partial charge in [-0.1, -0.05) is 18.2 Å². The summed E-state index contributed by atoms with van der Waals surface area (Å²) in [6.45, 7) is 2.38. The molecule has 94 valence electrons. The van der Waals surface area contributed by atoms with Crippen molar-refractivity contribution in [2.24, 2.45) is 0 Å². The Kier molecular flexibility index (Phi) is 6.10. The lowest BCUT2D eigenvalue weighted by Gasteiger charge is -2.13. The molecule has 1 rings (SSSR count). The maximum Gasteiger partial charge on any atom is 0.239 e. The maximum absolute atomic E-state index is 11.6. The maximum atomic E-state index is 11.6. The van der Waals surface area contributed by atoms with Gasteiger partial charge >= 0.3 is 0 Å². The Morgan fingerprint density at radius 2 is 2.06 bits per heavy atom. The summed E-state index contributed by atoms with van der Waals surface area (Å²) in [6, 6.07) is 9.72. The number of hydrogen-bond acceptors (Lipinski definition) is 3. The van der Waals surface area contributed by atoms with Gasteiger partial charge in [0.1, 0.15) is 0 Å². The first kappa shape index (κ1) is 13.5. The standard InChI is InChI=1S/C13H20N2O2/c1-11(6-5-9-16)15-13(17)10-14-12-7-3-2-4-8-12/h2-4,7-8,11,14,16H,5-6,9-10H2,1H3,(H,15,17). The zero-order valence-electron chi connectivity index (χ0n) is 10.1. The number of amides is 1. The Balaban J connectivity index is 2.21. The van der Waals surface area contributed by atoms with Crippen LogP contribution < -0.4 is 10.6 Å². The van der Waals surface area contributed by atoms with Gasteiger partial charge in [-0.15, -0.1) is 0 Å². The number of carbonyl (C=O) groups is 1. The van der Waals surface area contributed by atoms with Gasteiger partial charge in [-0.25, -0.2) is 0 Å². The van der Waals surface area contributed by atoms with Gasteiger partial charge in [-0.05, 0) is 31.9 Å². The molecule has 1 unspecified atom stereocenters. The zero-order chi connectivity index (χ0) is 12.5. The molecule has 0 radical (unpaired) electrons. The van der Waals surface area contributed by atoms with Crippen LogP contribution in [0.25, 0.3) is 0 Å². The van der Waals surface area contributed by atoms with Gasteiger partial charge in [0.2, 0.25) is 5.91 Å². The molecule has 4 heteroatoms. The van der Waals surface area contributed by atoms with Crippen LogP contribution in [0.15, 0.2) is 30.3 Å². The van der Waals surface area contributed by atoms with Gasteiger partial charge in [0, 0.05) is 18.3 Å². The molecule has 1 atom stereocenters. The number of nitrogens with one attached hydrogen (secondary N) is 2. The third-order valence-electron chi connectivity index (χ3n) is 2.43. The van der Waals surface area contributed by atoms with E-state index in [9.17, 15) is 4.79 Å². The number of benzene rings is 1. The third kappa shape index (κ3) is 5.92. The lowest BCUT2D eigenvalue weighted by Crippen LogP contribution is -2.36. The molecule has 0 heterocycles. The first-order valence-corrected chi connectivity index (χ1v) is 5.91. The number of aliphatic hydroxyl groups is 1. The number of anilines is 1. The summed E-state index contributed by atoms with van der Waals surface area (Å²) in [7, 11) is 0. The van der Waals surface area contributed by atoms with Gasteiger partial charge < -0.3 is 15.7 Å². The number of para-hydroxylation sites is 1. The van der Waals surface area contributed by atoms with Crippen molar-refractivity contribution >= 4 is 11.6 Å². The van der Waals surface area contributed by atoms with E-state index >= 15 is 0 Å². The van der Waals surface area contributed by atoms with Crippen molar-refractivity contribution in [1.82, 2.24) is 5.32 Å². The van der Waals surface area contributed by atoms with E-state index in [-0.39, 0.29) is 25.1 Å². The van der Waals surface area contributed by atoms with Gasteiger partial charge in [-0.2, -0.15) is 0 Å². The van der Waals surface area contributed by atoms with E-state index in [1.807, 2.05) is 37.3 Å². The van der Waals surface area contributed by atoms with E-state index < -0.39 is 0 Å².